The standard InChI is InChI=1S/C9H17N3/c1-8-6-11(3)7-9(2)12(8)5-4-10/h8-9H,5-7H2,1-3H3/t8-,9+. The predicted molar refractivity (Wildman–Crippen MR) is 48.7 cm³/mol. The van der Waals surface area contributed by atoms with E-state index in [-0.39, 0.29) is 0 Å². The van der Waals surface area contributed by atoms with Gasteiger partial charge in [-0.2, -0.15) is 5.26 Å². The second-order valence-corrected chi connectivity index (χ2v) is 3.75. The molecule has 0 aromatic rings. The molecule has 0 radical (unpaired) electrons. The van der Waals surface area contributed by atoms with Gasteiger partial charge in [0.1, 0.15) is 0 Å². The maximum atomic E-state index is 8.61. The predicted octanol–water partition coefficient (Wildman–Crippen LogP) is 0.534. The molecule has 1 fully saturated rings. The van der Waals surface area contributed by atoms with Crippen LogP contribution in [0.15, 0.2) is 0 Å². The maximum absolute atomic E-state index is 8.61. The van der Waals surface area contributed by atoms with Gasteiger partial charge in [0, 0.05) is 25.2 Å². The van der Waals surface area contributed by atoms with Crippen molar-refractivity contribution >= 4 is 0 Å². The fraction of sp³-hybridized carbons (Fsp3) is 0.889. The number of nitriles is 1. The molecule has 0 spiro atoms. The second-order valence-electron chi connectivity index (χ2n) is 3.75. The van der Waals surface area contributed by atoms with Crippen molar-refractivity contribution in [3.63, 3.8) is 0 Å². The Morgan fingerprint density at radius 1 is 1.33 bits per heavy atom. The van der Waals surface area contributed by atoms with Gasteiger partial charge in [-0.15, -0.1) is 0 Å². The van der Waals surface area contributed by atoms with Gasteiger partial charge in [-0.25, -0.2) is 0 Å². The Balaban J connectivity index is 2.55. The maximum Gasteiger partial charge on any atom is 0.0871 e. The van der Waals surface area contributed by atoms with E-state index in [1.165, 1.54) is 0 Å². The lowest BCUT2D eigenvalue weighted by Gasteiger charge is -2.41. The third-order valence-electron chi connectivity index (χ3n) is 2.54. The average Bonchev–Trinajstić information content (AvgIpc) is 1.96. The van der Waals surface area contributed by atoms with Crippen molar-refractivity contribution in [2.24, 2.45) is 0 Å². The quantitative estimate of drug-likeness (QED) is 0.534. The minimum absolute atomic E-state index is 0.512. The highest BCUT2D eigenvalue weighted by molar-refractivity contribution is 4.89. The van der Waals surface area contributed by atoms with Gasteiger partial charge in [0.15, 0.2) is 0 Å². The lowest BCUT2D eigenvalue weighted by atomic mass is 10.1. The minimum atomic E-state index is 0.512. The van der Waals surface area contributed by atoms with Crippen LogP contribution in [0.2, 0.25) is 0 Å². The molecule has 1 saturated heterocycles. The van der Waals surface area contributed by atoms with E-state index in [1.807, 2.05) is 0 Å². The molecule has 0 unspecified atom stereocenters. The summed E-state index contributed by atoms with van der Waals surface area (Å²) in [6.07, 6.45) is 0. The van der Waals surface area contributed by atoms with Gasteiger partial charge in [-0.3, -0.25) is 4.90 Å². The van der Waals surface area contributed by atoms with Gasteiger partial charge < -0.3 is 4.90 Å². The molecule has 0 saturated carbocycles. The molecule has 0 aromatic heterocycles. The van der Waals surface area contributed by atoms with Crippen molar-refractivity contribution in [1.29, 1.82) is 5.26 Å². The van der Waals surface area contributed by atoms with Crippen LogP contribution in [0.3, 0.4) is 0 Å². The van der Waals surface area contributed by atoms with E-state index in [1.54, 1.807) is 0 Å². The summed E-state index contributed by atoms with van der Waals surface area (Å²) in [4.78, 5) is 4.59. The van der Waals surface area contributed by atoms with E-state index >= 15 is 0 Å². The van der Waals surface area contributed by atoms with Crippen molar-refractivity contribution in [2.75, 3.05) is 26.7 Å². The van der Waals surface area contributed by atoms with Crippen LogP contribution in [0.1, 0.15) is 13.8 Å². The van der Waals surface area contributed by atoms with Crippen LogP contribution in [-0.2, 0) is 0 Å². The van der Waals surface area contributed by atoms with Crippen LogP contribution in [0.5, 0.6) is 0 Å². The molecule has 3 nitrogen and oxygen atoms in total. The van der Waals surface area contributed by atoms with Gasteiger partial charge in [0.25, 0.3) is 0 Å². The van der Waals surface area contributed by atoms with Crippen molar-refractivity contribution < 1.29 is 0 Å². The summed E-state index contributed by atoms with van der Waals surface area (Å²) in [7, 11) is 2.14. The van der Waals surface area contributed by atoms with E-state index in [2.05, 4.69) is 36.8 Å². The number of hydrogen-bond acceptors (Lipinski definition) is 3. The molecule has 0 aromatic carbocycles. The molecular weight excluding hydrogens is 150 g/mol. The van der Waals surface area contributed by atoms with E-state index in [4.69, 9.17) is 5.26 Å². The van der Waals surface area contributed by atoms with Crippen LogP contribution < -0.4 is 0 Å². The lowest BCUT2D eigenvalue weighted by Crippen LogP contribution is -2.55. The van der Waals surface area contributed by atoms with Crippen molar-refractivity contribution in [2.45, 2.75) is 25.9 Å². The highest BCUT2D eigenvalue weighted by atomic mass is 15.3. The summed E-state index contributed by atoms with van der Waals surface area (Å²) >= 11 is 0. The topological polar surface area (TPSA) is 30.3 Å². The smallest absolute Gasteiger partial charge is 0.0871 e. The molecule has 1 aliphatic heterocycles. The number of piperazine rings is 1. The van der Waals surface area contributed by atoms with Gasteiger partial charge >= 0.3 is 0 Å². The lowest BCUT2D eigenvalue weighted by molar-refractivity contribution is 0.0642. The molecule has 0 aliphatic carbocycles. The fourth-order valence-corrected chi connectivity index (χ4v) is 2.01. The molecule has 12 heavy (non-hydrogen) atoms. The molecule has 0 bridgehead atoms. The Bertz CT molecular complexity index is 173. The van der Waals surface area contributed by atoms with Crippen molar-refractivity contribution in [3.05, 3.63) is 0 Å². The molecule has 1 heterocycles. The zero-order valence-electron chi connectivity index (χ0n) is 8.12. The third-order valence-corrected chi connectivity index (χ3v) is 2.54. The van der Waals surface area contributed by atoms with Gasteiger partial charge in [-0.05, 0) is 20.9 Å². The van der Waals surface area contributed by atoms with E-state index < -0.39 is 0 Å². The Labute approximate surface area is 74.6 Å². The molecule has 3 heteroatoms. The highest BCUT2D eigenvalue weighted by Crippen LogP contribution is 2.12. The first-order valence-electron chi connectivity index (χ1n) is 4.46. The molecular formula is C9H17N3. The summed E-state index contributed by atoms with van der Waals surface area (Å²) < 4.78 is 0. The Morgan fingerprint density at radius 3 is 2.25 bits per heavy atom. The molecule has 1 rings (SSSR count). The molecule has 68 valence electrons. The van der Waals surface area contributed by atoms with Gasteiger partial charge in [0.05, 0.1) is 12.6 Å². The molecule has 2 atom stereocenters. The van der Waals surface area contributed by atoms with E-state index in [9.17, 15) is 0 Å². The zero-order valence-corrected chi connectivity index (χ0v) is 8.12. The Hall–Kier alpha value is -0.590. The van der Waals surface area contributed by atoms with Crippen LogP contribution in [0.25, 0.3) is 0 Å². The highest BCUT2D eigenvalue weighted by Gasteiger charge is 2.26. The first-order valence-corrected chi connectivity index (χ1v) is 4.46. The molecule has 0 amide bonds. The summed E-state index contributed by atoms with van der Waals surface area (Å²) in [5.41, 5.74) is 0. The summed E-state index contributed by atoms with van der Waals surface area (Å²) in [6.45, 7) is 7.08. The molecule has 1 aliphatic rings. The largest absolute Gasteiger partial charge is 0.303 e. The van der Waals surface area contributed by atoms with Crippen molar-refractivity contribution in [1.82, 2.24) is 9.80 Å². The van der Waals surface area contributed by atoms with Crippen molar-refractivity contribution in [3.8, 4) is 6.07 Å². The number of nitrogens with zero attached hydrogens (tertiary/aromatic N) is 3. The van der Waals surface area contributed by atoms with Gasteiger partial charge in [-0.1, -0.05) is 0 Å². The minimum Gasteiger partial charge on any atom is -0.303 e. The van der Waals surface area contributed by atoms with Crippen LogP contribution in [0, 0.1) is 11.3 Å². The number of hydrogen-bond donors (Lipinski definition) is 0. The SMILES string of the molecule is C[C@@H]1CN(C)C[C@H](C)N1CC#N. The summed E-state index contributed by atoms with van der Waals surface area (Å²) in [6, 6.07) is 3.25. The second kappa shape index (κ2) is 3.88. The average molecular weight is 167 g/mol. The first-order chi connectivity index (χ1) is 5.65. The summed E-state index contributed by atoms with van der Waals surface area (Å²) in [5, 5.41) is 8.61. The monoisotopic (exact) mass is 167 g/mol. The Kier molecular flexibility index (Phi) is 3.07. The van der Waals surface area contributed by atoms with Crippen LogP contribution in [0.4, 0.5) is 0 Å². The van der Waals surface area contributed by atoms with E-state index in [0.29, 0.717) is 18.6 Å². The normalized spacial score (nSPS) is 33.2. The first kappa shape index (κ1) is 9.50. The third kappa shape index (κ3) is 1.96. The van der Waals surface area contributed by atoms with Crippen LogP contribution in [-0.4, -0.2) is 48.6 Å². The van der Waals surface area contributed by atoms with E-state index in [0.717, 1.165) is 13.1 Å². The number of rotatable bonds is 1. The Morgan fingerprint density at radius 2 is 1.83 bits per heavy atom. The van der Waals surface area contributed by atoms with Crippen LogP contribution >= 0.6 is 0 Å². The number of likely N-dealkylation sites (N-methyl/N-ethyl adjacent to an activating group) is 1. The zero-order chi connectivity index (χ0) is 9.14. The molecule has 0 N–H and O–H groups in total. The van der Waals surface area contributed by atoms with Gasteiger partial charge in [0.2, 0.25) is 0 Å². The summed E-state index contributed by atoms with van der Waals surface area (Å²) in [5.74, 6) is 0. The fourth-order valence-electron chi connectivity index (χ4n) is 2.01.